The molecule has 2 aliphatic rings. The van der Waals surface area contributed by atoms with Crippen LogP contribution < -0.4 is 5.32 Å². The molecule has 1 aromatic carbocycles. The Morgan fingerprint density at radius 2 is 1.86 bits per heavy atom. The van der Waals surface area contributed by atoms with E-state index >= 15 is 0 Å². The van der Waals surface area contributed by atoms with E-state index in [0.717, 1.165) is 6.04 Å². The van der Waals surface area contributed by atoms with Crippen LogP contribution in [0.15, 0.2) is 30.3 Å². The molecule has 0 aromatic heterocycles. The van der Waals surface area contributed by atoms with Crippen LogP contribution in [0.3, 0.4) is 0 Å². The fraction of sp³-hybridized carbons (Fsp3) is 0.684. The predicted octanol–water partition coefficient (Wildman–Crippen LogP) is 3.57. The fourth-order valence-electron chi connectivity index (χ4n) is 3.82. The summed E-state index contributed by atoms with van der Waals surface area (Å²) in [5.41, 5.74) is 1.94. The number of benzene rings is 1. The lowest BCUT2D eigenvalue weighted by Gasteiger charge is -2.42. The first-order chi connectivity index (χ1) is 10.3. The third-order valence-electron chi connectivity index (χ3n) is 5.31. The summed E-state index contributed by atoms with van der Waals surface area (Å²) < 4.78 is 0. The molecule has 1 aliphatic heterocycles. The van der Waals surface area contributed by atoms with Gasteiger partial charge in [0.2, 0.25) is 0 Å². The Labute approximate surface area is 129 Å². The van der Waals surface area contributed by atoms with Crippen LogP contribution in [0.4, 0.5) is 0 Å². The van der Waals surface area contributed by atoms with E-state index < -0.39 is 0 Å². The number of hydrogen-bond donors (Lipinski definition) is 1. The van der Waals surface area contributed by atoms with E-state index in [1.807, 2.05) is 0 Å². The van der Waals surface area contributed by atoms with Crippen molar-refractivity contribution in [1.82, 2.24) is 10.2 Å². The molecule has 0 bridgehead atoms. The van der Waals surface area contributed by atoms with Crippen LogP contribution in [-0.4, -0.2) is 37.1 Å². The molecule has 2 nitrogen and oxygen atoms in total. The third-order valence-corrected chi connectivity index (χ3v) is 5.31. The van der Waals surface area contributed by atoms with Gasteiger partial charge in [0.1, 0.15) is 0 Å². The highest BCUT2D eigenvalue weighted by atomic mass is 15.2. The van der Waals surface area contributed by atoms with Crippen molar-refractivity contribution in [3.8, 4) is 0 Å². The predicted molar refractivity (Wildman–Crippen MR) is 89.7 cm³/mol. The summed E-state index contributed by atoms with van der Waals surface area (Å²) in [6, 6.07) is 12.2. The molecule has 0 spiro atoms. The molecule has 1 saturated carbocycles. The Morgan fingerprint density at radius 1 is 1.14 bits per heavy atom. The number of nitrogens with one attached hydrogen (secondary N) is 1. The Kier molecular flexibility index (Phi) is 4.97. The lowest BCUT2D eigenvalue weighted by molar-refractivity contribution is 0.165. The molecule has 2 fully saturated rings. The van der Waals surface area contributed by atoms with Crippen molar-refractivity contribution in [3.05, 3.63) is 35.9 Å². The minimum Gasteiger partial charge on any atom is -0.317 e. The van der Waals surface area contributed by atoms with Crippen molar-refractivity contribution in [3.63, 3.8) is 0 Å². The molecule has 1 saturated heterocycles. The molecule has 0 amide bonds. The molecule has 1 aromatic rings. The standard InChI is InChI=1S/C19H30N2/c1-2-3-15-21(18-9-10-18)16-19(11-13-20-14-12-19)17-7-5-4-6-8-17/h4-8,18,20H,2-3,9-16H2,1H3. The Hall–Kier alpha value is -0.860. The summed E-state index contributed by atoms with van der Waals surface area (Å²) >= 11 is 0. The topological polar surface area (TPSA) is 15.3 Å². The van der Waals surface area contributed by atoms with Gasteiger partial charge in [0.25, 0.3) is 0 Å². The van der Waals surface area contributed by atoms with Crippen molar-refractivity contribution >= 4 is 0 Å². The summed E-state index contributed by atoms with van der Waals surface area (Å²) in [6.45, 7) is 7.21. The molecule has 0 unspecified atom stereocenters. The van der Waals surface area contributed by atoms with Gasteiger partial charge < -0.3 is 5.32 Å². The highest BCUT2D eigenvalue weighted by molar-refractivity contribution is 5.27. The lowest BCUT2D eigenvalue weighted by atomic mass is 9.72. The number of rotatable bonds is 7. The normalized spacial score (nSPS) is 21.6. The first-order valence-corrected chi connectivity index (χ1v) is 8.84. The van der Waals surface area contributed by atoms with Crippen molar-refractivity contribution in [2.24, 2.45) is 0 Å². The van der Waals surface area contributed by atoms with Gasteiger partial charge in [0.05, 0.1) is 0 Å². The van der Waals surface area contributed by atoms with Crippen molar-refractivity contribution in [2.45, 2.75) is 56.9 Å². The number of nitrogens with zero attached hydrogens (tertiary/aromatic N) is 1. The smallest absolute Gasteiger partial charge is 0.0104 e. The largest absolute Gasteiger partial charge is 0.317 e. The molecule has 21 heavy (non-hydrogen) atoms. The van der Waals surface area contributed by atoms with Gasteiger partial charge in [-0.15, -0.1) is 0 Å². The number of unbranched alkanes of at least 4 members (excludes halogenated alkanes) is 1. The van der Waals surface area contributed by atoms with E-state index in [0.29, 0.717) is 5.41 Å². The van der Waals surface area contributed by atoms with Crippen molar-refractivity contribution in [1.29, 1.82) is 0 Å². The molecule has 0 radical (unpaired) electrons. The Balaban J connectivity index is 1.78. The van der Waals surface area contributed by atoms with E-state index in [1.165, 1.54) is 64.7 Å². The zero-order valence-electron chi connectivity index (χ0n) is 13.5. The van der Waals surface area contributed by atoms with Crippen LogP contribution in [0.2, 0.25) is 0 Å². The second kappa shape index (κ2) is 6.93. The number of piperidine rings is 1. The second-order valence-corrected chi connectivity index (χ2v) is 6.95. The fourth-order valence-corrected chi connectivity index (χ4v) is 3.82. The zero-order valence-corrected chi connectivity index (χ0v) is 13.5. The molecular formula is C19H30N2. The van der Waals surface area contributed by atoms with Crippen LogP contribution in [0.1, 0.15) is 51.0 Å². The molecular weight excluding hydrogens is 256 g/mol. The molecule has 3 rings (SSSR count). The summed E-state index contributed by atoms with van der Waals surface area (Å²) in [5.74, 6) is 0. The molecule has 1 aliphatic carbocycles. The van der Waals surface area contributed by atoms with Gasteiger partial charge >= 0.3 is 0 Å². The van der Waals surface area contributed by atoms with Crippen molar-refractivity contribution < 1.29 is 0 Å². The minimum atomic E-state index is 0.378. The van der Waals surface area contributed by atoms with E-state index in [2.05, 4.69) is 47.5 Å². The summed E-state index contributed by atoms with van der Waals surface area (Å²) in [5, 5.41) is 3.55. The van der Waals surface area contributed by atoms with Gasteiger partial charge in [-0.3, -0.25) is 4.90 Å². The summed E-state index contributed by atoms with van der Waals surface area (Å²) in [7, 11) is 0. The average molecular weight is 286 g/mol. The zero-order chi connectivity index (χ0) is 14.5. The molecule has 1 N–H and O–H groups in total. The van der Waals surface area contributed by atoms with E-state index in [4.69, 9.17) is 0 Å². The minimum absolute atomic E-state index is 0.378. The van der Waals surface area contributed by atoms with Gasteiger partial charge in [-0.1, -0.05) is 43.7 Å². The highest BCUT2D eigenvalue weighted by Gasteiger charge is 2.39. The molecule has 116 valence electrons. The first kappa shape index (κ1) is 15.1. The van der Waals surface area contributed by atoms with E-state index in [9.17, 15) is 0 Å². The van der Waals surface area contributed by atoms with Crippen LogP contribution in [-0.2, 0) is 5.41 Å². The SMILES string of the molecule is CCCCN(CC1(c2ccccc2)CCNCC1)C1CC1. The molecule has 0 atom stereocenters. The van der Waals surface area contributed by atoms with Crippen LogP contribution in [0.5, 0.6) is 0 Å². The van der Waals surface area contributed by atoms with Gasteiger partial charge in [-0.25, -0.2) is 0 Å². The van der Waals surface area contributed by atoms with Gasteiger partial charge in [-0.2, -0.15) is 0 Å². The van der Waals surface area contributed by atoms with Gasteiger partial charge in [0, 0.05) is 18.0 Å². The quantitative estimate of drug-likeness (QED) is 0.824. The Morgan fingerprint density at radius 3 is 2.48 bits per heavy atom. The monoisotopic (exact) mass is 286 g/mol. The number of hydrogen-bond acceptors (Lipinski definition) is 2. The van der Waals surface area contributed by atoms with Gasteiger partial charge in [-0.05, 0) is 57.3 Å². The van der Waals surface area contributed by atoms with E-state index in [1.54, 1.807) is 5.56 Å². The third kappa shape index (κ3) is 3.67. The maximum atomic E-state index is 3.55. The highest BCUT2D eigenvalue weighted by Crippen LogP contribution is 2.37. The van der Waals surface area contributed by atoms with Gasteiger partial charge in [0.15, 0.2) is 0 Å². The summed E-state index contributed by atoms with van der Waals surface area (Å²) in [4.78, 5) is 2.81. The molecule has 1 heterocycles. The van der Waals surface area contributed by atoms with E-state index in [-0.39, 0.29) is 0 Å². The van der Waals surface area contributed by atoms with Crippen LogP contribution in [0, 0.1) is 0 Å². The van der Waals surface area contributed by atoms with Crippen LogP contribution >= 0.6 is 0 Å². The second-order valence-electron chi connectivity index (χ2n) is 6.95. The Bertz CT molecular complexity index is 418. The summed E-state index contributed by atoms with van der Waals surface area (Å²) in [6.07, 6.45) is 8.07. The van der Waals surface area contributed by atoms with Crippen LogP contribution in [0.25, 0.3) is 0 Å². The van der Waals surface area contributed by atoms with Crippen molar-refractivity contribution in [2.75, 3.05) is 26.2 Å². The maximum absolute atomic E-state index is 3.55. The lowest BCUT2D eigenvalue weighted by Crippen LogP contribution is -2.48. The average Bonchev–Trinajstić information content (AvgIpc) is 3.38. The molecule has 2 heteroatoms. The maximum Gasteiger partial charge on any atom is 0.0104 e. The first-order valence-electron chi connectivity index (χ1n) is 8.84.